The van der Waals surface area contributed by atoms with Gasteiger partial charge in [0.05, 0.1) is 0 Å². The van der Waals surface area contributed by atoms with Crippen LogP contribution in [0.2, 0.25) is 0 Å². The van der Waals surface area contributed by atoms with Crippen LogP contribution in [0.5, 0.6) is 5.88 Å². The SMILES string of the molecule is Cc1cc(C)c(C#N)c(OC2CCC(N)C2)n1. The number of aryl methyl sites for hydroxylation is 2. The fraction of sp³-hybridized carbons (Fsp3) is 0.538. The summed E-state index contributed by atoms with van der Waals surface area (Å²) >= 11 is 0. The van der Waals surface area contributed by atoms with Gasteiger partial charge in [-0.15, -0.1) is 0 Å². The van der Waals surface area contributed by atoms with E-state index in [1.165, 1.54) is 0 Å². The normalized spacial score (nSPS) is 23.4. The molecule has 1 aliphatic carbocycles. The average Bonchev–Trinajstić information content (AvgIpc) is 2.63. The number of rotatable bonds is 2. The molecule has 17 heavy (non-hydrogen) atoms. The first-order valence-corrected chi connectivity index (χ1v) is 5.90. The van der Waals surface area contributed by atoms with Gasteiger partial charge in [-0.2, -0.15) is 5.26 Å². The van der Waals surface area contributed by atoms with Crippen LogP contribution in [0.4, 0.5) is 0 Å². The highest BCUT2D eigenvalue weighted by molar-refractivity contribution is 5.45. The molecule has 0 amide bonds. The van der Waals surface area contributed by atoms with E-state index in [-0.39, 0.29) is 12.1 Å². The molecule has 2 atom stereocenters. The number of pyridine rings is 1. The highest BCUT2D eigenvalue weighted by atomic mass is 16.5. The van der Waals surface area contributed by atoms with Crippen LogP contribution in [0.1, 0.15) is 36.1 Å². The Balaban J connectivity index is 2.23. The Morgan fingerprint density at radius 3 is 2.82 bits per heavy atom. The Labute approximate surface area is 101 Å². The first-order valence-electron chi connectivity index (χ1n) is 5.90. The van der Waals surface area contributed by atoms with Crippen LogP contribution in [-0.2, 0) is 0 Å². The lowest BCUT2D eigenvalue weighted by Crippen LogP contribution is -2.20. The smallest absolute Gasteiger partial charge is 0.232 e. The molecule has 0 aliphatic heterocycles. The lowest BCUT2D eigenvalue weighted by Gasteiger charge is -2.15. The van der Waals surface area contributed by atoms with E-state index in [9.17, 15) is 0 Å². The van der Waals surface area contributed by atoms with Gasteiger partial charge in [-0.05, 0) is 44.7 Å². The topological polar surface area (TPSA) is 71.9 Å². The van der Waals surface area contributed by atoms with Crippen LogP contribution in [0, 0.1) is 25.2 Å². The van der Waals surface area contributed by atoms with E-state index < -0.39 is 0 Å². The maximum atomic E-state index is 9.12. The lowest BCUT2D eigenvalue weighted by molar-refractivity contribution is 0.198. The Morgan fingerprint density at radius 1 is 1.47 bits per heavy atom. The van der Waals surface area contributed by atoms with Gasteiger partial charge in [0.2, 0.25) is 5.88 Å². The molecule has 2 rings (SSSR count). The number of ether oxygens (including phenoxy) is 1. The molecule has 4 heteroatoms. The van der Waals surface area contributed by atoms with Crippen LogP contribution < -0.4 is 10.5 Å². The van der Waals surface area contributed by atoms with Crippen molar-refractivity contribution in [3.63, 3.8) is 0 Å². The fourth-order valence-electron chi connectivity index (χ4n) is 2.26. The Hall–Kier alpha value is -1.60. The van der Waals surface area contributed by atoms with Crippen molar-refractivity contribution < 1.29 is 4.74 Å². The number of hydrogen-bond donors (Lipinski definition) is 1. The fourth-order valence-corrected chi connectivity index (χ4v) is 2.26. The third kappa shape index (κ3) is 2.56. The van der Waals surface area contributed by atoms with Crippen LogP contribution >= 0.6 is 0 Å². The second-order valence-corrected chi connectivity index (χ2v) is 4.69. The van der Waals surface area contributed by atoms with Crippen molar-refractivity contribution >= 4 is 0 Å². The van der Waals surface area contributed by atoms with Crippen molar-refractivity contribution in [1.29, 1.82) is 5.26 Å². The molecule has 2 N–H and O–H groups in total. The molecular weight excluding hydrogens is 214 g/mol. The average molecular weight is 231 g/mol. The van der Waals surface area contributed by atoms with Gasteiger partial charge in [0, 0.05) is 11.7 Å². The van der Waals surface area contributed by atoms with Gasteiger partial charge in [-0.3, -0.25) is 0 Å². The molecule has 2 unspecified atom stereocenters. The van der Waals surface area contributed by atoms with E-state index in [1.807, 2.05) is 19.9 Å². The summed E-state index contributed by atoms with van der Waals surface area (Å²) < 4.78 is 5.82. The number of nitrogens with two attached hydrogens (primary N) is 1. The van der Waals surface area contributed by atoms with Crippen molar-refractivity contribution in [1.82, 2.24) is 4.98 Å². The third-order valence-electron chi connectivity index (χ3n) is 3.13. The van der Waals surface area contributed by atoms with Gasteiger partial charge in [-0.1, -0.05) is 0 Å². The highest BCUT2D eigenvalue weighted by Crippen LogP contribution is 2.26. The van der Waals surface area contributed by atoms with Crippen molar-refractivity contribution in [3.8, 4) is 11.9 Å². The van der Waals surface area contributed by atoms with Crippen molar-refractivity contribution in [3.05, 3.63) is 22.9 Å². The van der Waals surface area contributed by atoms with E-state index in [0.29, 0.717) is 11.4 Å². The minimum absolute atomic E-state index is 0.103. The second kappa shape index (κ2) is 4.72. The first-order chi connectivity index (χ1) is 8.10. The summed E-state index contributed by atoms with van der Waals surface area (Å²) in [4.78, 5) is 4.31. The summed E-state index contributed by atoms with van der Waals surface area (Å²) in [7, 11) is 0. The van der Waals surface area contributed by atoms with Gasteiger partial charge >= 0.3 is 0 Å². The van der Waals surface area contributed by atoms with Crippen LogP contribution in [0.15, 0.2) is 6.07 Å². The summed E-state index contributed by atoms with van der Waals surface area (Å²) in [5, 5.41) is 9.12. The molecule has 0 bridgehead atoms. The zero-order valence-electron chi connectivity index (χ0n) is 10.2. The van der Waals surface area contributed by atoms with Crippen LogP contribution in [0.3, 0.4) is 0 Å². The van der Waals surface area contributed by atoms with Gasteiger partial charge in [0.25, 0.3) is 0 Å². The summed E-state index contributed by atoms with van der Waals surface area (Å²) in [5.74, 6) is 0.462. The molecule has 1 aromatic heterocycles. The predicted octanol–water partition coefficient (Wildman–Crippen LogP) is 1.83. The maximum absolute atomic E-state index is 9.12. The van der Waals surface area contributed by atoms with E-state index in [4.69, 9.17) is 15.7 Å². The van der Waals surface area contributed by atoms with Gasteiger partial charge in [0.1, 0.15) is 17.7 Å². The highest BCUT2D eigenvalue weighted by Gasteiger charge is 2.25. The number of aromatic nitrogens is 1. The molecule has 90 valence electrons. The Kier molecular flexibility index (Phi) is 3.30. The van der Waals surface area contributed by atoms with E-state index >= 15 is 0 Å². The summed E-state index contributed by atoms with van der Waals surface area (Å²) in [5.41, 5.74) is 8.17. The second-order valence-electron chi connectivity index (χ2n) is 4.69. The monoisotopic (exact) mass is 231 g/mol. The number of nitriles is 1. The quantitative estimate of drug-likeness (QED) is 0.842. The van der Waals surface area contributed by atoms with Crippen molar-refractivity contribution in [2.24, 2.45) is 5.73 Å². The first kappa shape index (κ1) is 11.9. The van der Waals surface area contributed by atoms with Gasteiger partial charge in [-0.25, -0.2) is 4.98 Å². The van der Waals surface area contributed by atoms with E-state index in [1.54, 1.807) is 0 Å². The van der Waals surface area contributed by atoms with Crippen LogP contribution in [-0.4, -0.2) is 17.1 Å². The molecule has 0 spiro atoms. The zero-order valence-corrected chi connectivity index (χ0v) is 10.2. The zero-order chi connectivity index (χ0) is 12.4. The number of hydrogen-bond acceptors (Lipinski definition) is 4. The summed E-state index contributed by atoms with van der Waals surface area (Å²) in [6.45, 7) is 3.81. The summed E-state index contributed by atoms with van der Waals surface area (Å²) in [6.07, 6.45) is 2.88. The molecule has 1 aliphatic rings. The van der Waals surface area contributed by atoms with Gasteiger partial charge in [0.15, 0.2) is 0 Å². The molecule has 0 radical (unpaired) electrons. The molecule has 0 saturated heterocycles. The standard InChI is InChI=1S/C13H17N3O/c1-8-5-9(2)16-13(12(8)7-14)17-11-4-3-10(15)6-11/h5,10-11H,3-4,6,15H2,1-2H3. The Morgan fingerprint density at radius 2 is 2.24 bits per heavy atom. The molecule has 1 heterocycles. The summed E-state index contributed by atoms with van der Waals surface area (Å²) in [6, 6.07) is 4.27. The van der Waals surface area contributed by atoms with E-state index in [2.05, 4.69) is 11.1 Å². The molecular formula is C13H17N3O. The predicted molar refractivity (Wildman–Crippen MR) is 64.7 cm³/mol. The molecule has 4 nitrogen and oxygen atoms in total. The minimum Gasteiger partial charge on any atom is -0.473 e. The third-order valence-corrected chi connectivity index (χ3v) is 3.13. The lowest BCUT2D eigenvalue weighted by atomic mass is 10.1. The number of nitrogens with zero attached hydrogens (tertiary/aromatic N) is 2. The Bertz CT molecular complexity index is 464. The van der Waals surface area contributed by atoms with Crippen molar-refractivity contribution in [2.75, 3.05) is 0 Å². The molecule has 1 aromatic rings. The van der Waals surface area contributed by atoms with Crippen molar-refractivity contribution in [2.45, 2.75) is 45.3 Å². The van der Waals surface area contributed by atoms with Crippen LogP contribution in [0.25, 0.3) is 0 Å². The van der Waals surface area contributed by atoms with Gasteiger partial charge < -0.3 is 10.5 Å². The molecule has 1 saturated carbocycles. The maximum Gasteiger partial charge on any atom is 0.232 e. The minimum atomic E-state index is 0.103. The molecule has 0 aromatic carbocycles. The molecule has 1 fully saturated rings. The van der Waals surface area contributed by atoms with E-state index in [0.717, 1.165) is 30.5 Å². The largest absolute Gasteiger partial charge is 0.473 e.